The first-order valence-electron chi connectivity index (χ1n) is 8.53. The van der Waals surface area contributed by atoms with Gasteiger partial charge in [-0.2, -0.15) is 9.50 Å². The number of hydrogen-bond donors (Lipinski definition) is 0. The molecule has 0 saturated heterocycles. The van der Waals surface area contributed by atoms with Crippen molar-refractivity contribution in [3.63, 3.8) is 0 Å². The van der Waals surface area contributed by atoms with Crippen LogP contribution < -0.4 is 0 Å². The van der Waals surface area contributed by atoms with Crippen molar-refractivity contribution in [3.8, 4) is 11.4 Å². The van der Waals surface area contributed by atoms with Crippen molar-refractivity contribution in [1.29, 1.82) is 0 Å². The summed E-state index contributed by atoms with van der Waals surface area (Å²) in [7, 11) is 0. The summed E-state index contributed by atoms with van der Waals surface area (Å²) in [6, 6.07) is 13.9. The van der Waals surface area contributed by atoms with Gasteiger partial charge in [0.2, 0.25) is 0 Å². The SMILES string of the molecule is O=C1CC(c2ccccc2)Cc2c1cnc1nc(-c3cccnc3)nn21. The molecule has 1 aliphatic carbocycles. The Bertz CT molecular complexity index is 1110. The fraction of sp³-hybridized carbons (Fsp3) is 0.150. The van der Waals surface area contributed by atoms with Crippen molar-refractivity contribution >= 4 is 11.6 Å². The molecule has 0 bridgehead atoms. The maximum absolute atomic E-state index is 12.7. The molecule has 0 fully saturated rings. The molecule has 3 aromatic heterocycles. The summed E-state index contributed by atoms with van der Waals surface area (Å²) >= 11 is 0. The summed E-state index contributed by atoms with van der Waals surface area (Å²) in [6.45, 7) is 0. The topological polar surface area (TPSA) is 73.0 Å². The van der Waals surface area contributed by atoms with Gasteiger partial charge in [-0.3, -0.25) is 9.78 Å². The van der Waals surface area contributed by atoms with E-state index in [9.17, 15) is 4.79 Å². The molecule has 0 N–H and O–H groups in total. The maximum Gasteiger partial charge on any atom is 0.252 e. The molecule has 0 radical (unpaired) electrons. The third-order valence-corrected chi connectivity index (χ3v) is 4.83. The largest absolute Gasteiger partial charge is 0.294 e. The zero-order valence-electron chi connectivity index (χ0n) is 13.9. The lowest BCUT2D eigenvalue weighted by Crippen LogP contribution is -2.22. The molecule has 0 spiro atoms. The van der Waals surface area contributed by atoms with Gasteiger partial charge in [-0.05, 0) is 30.0 Å². The average Bonchev–Trinajstić information content (AvgIpc) is 3.14. The second kappa shape index (κ2) is 5.84. The zero-order valence-corrected chi connectivity index (χ0v) is 13.9. The van der Waals surface area contributed by atoms with Crippen molar-refractivity contribution in [2.75, 3.05) is 0 Å². The predicted octanol–water partition coefficient (Wildman–Crippen LogP) is 3.10. The Labute approximate surface area is 149 Å². The Hall–Kier alpha value is -3.41. The van der Waals surface area contributed by atoms with E-state index in [1.54, 1.807) is 23.1 Å². The molecule has 0 aliphatic heterocycles. The molecule has 126 valence electrons. The zero-order chi connectivity index (χ0) is 17.5. The number of aromatic nitrogens is 5. The third-order valence-electron chi connectivity index (χ3n) is 4.83. The smallest absolute Gasteiger partial charge is 0.252 e. The molecular formula is C20H15N5O. The van der Waals surface area contributed by atoms with Gasteiger partial charge >= 0.3 is 0 Å². The van der Waals surface area contributed by atoms with Crippen LogP contribution in [0.2, 0.25) is 0 Å². The summed E-state index contributed by atoms with van der Waals surface area (Å²) in [4.78, 5) is 25.6. The molecule has 6 nitrogen and oxygen atoms in total. The highest BCUT2D eigenvalue weighted by Crippen LogP contribution is 2.32. The minimum absolute atomic E-state index is 0.105. The number of hydrogen-bond acceptors (Lipinski definition) is 5. The van der Waals surface area contributed by atoms with Crippen LogP contribution in [-0.2, 0) is 6.42 Å². The van der Waals surface area contributed by atoms with E-state index in [1.165, 1.54) is 5.56 Å². The molecule has 1 aliphatic rings. The van der Waals surface area contributed by atoms with E-state index in [0.717, 1.165) is 17.7 Å². The van der Waals surface area contributed by atoms with E-state index in [1.807, 2.05) is 30.3 Å². The summed E-state index contributed by atoms with van der Waals surface area (Å²) in [6.07, 6.45) is 6.30. The van der Waals surface area contributed by atoms with E-state index in [4.69, 9.17) is 0 Å². The van der Waals surface area contributed by atoms with Crippen molar-refractivity contribution < 1.29 is 4.79 Å². The number of carbonyl (C=O) groups is 1. The molecule has 3 heterocycles. The normalized spacial score (nSPS) is 16.6. The van der Waals surface area contributed by atoms with Crippen LogP contribution in [0.15, 0.2) is 61.1 Å². The summed E-state index contributed by atoms with van der Waals surface area (Å²) in [5, 5.41) is 4.61. The number of rotatable bonds is 2. The van der Waals surface area contributed by atoms with Gasteiger partial charge in [0.1, 0.15) is 0 Å². The maximum atomic E-state index is 12.7. The number of pyridine rings is 1. The van der Waals surface area contributed by atoms with Crippen molar-refractivity contribution in [2.45, 2.75) is 18.8 Å². The van der Waals surface area contributed by atoms with Gasteiger partial charge in [0.05, 0.1) is 11.3 Å². The Morgan fingerprint density at radius 3 is 2.69 bits per heavy atom. The first-order chi connectivity index (χ1) is 12.8. The van der Waals surface area contributed by atoms with Gasteiger partial charge in [0, 0.05) is 30.6 Å². The van der Waals surface area contributed by atoms with Crippen molar-refractivity contribution in [2.24, 2.45) is 0 Å². The first-order valence-corrected chi connectivity index (χ1v) is 8.53. The minimum atomic E-state index is 0.105. The first kappa shape index (κ1) is 14.9. The van der Waals surface area contributed by atoms with Crippen LogP contribution in [0.25, 0.3) is 17.2 Å². The summed E-state index contributed by atoms with van der Waals surface area (Å²) in [5.74, 6) is 1.32. The molecule has 0 saturated carbocycles. The summed E-state index contributed by atoms with van der Waals surface area (Å²) < 4.78 is 1.71. The number of Topliss-reactive ketones (excluding diaryl/α,β-unsaturated/α-hetero) is 1. The van der Waals surface area contributed by atoms with Crippen LogP contribution in [0, 0.1) is 0 Å². The fourth-order valence-electron chi connectivity index (χ4n) is 3.53. The Morgan fingerprint density at radius 1 is 1.00 bits per heavy atom. The van der Waals surface area contributed by atoms with Crippen molar-refractivity contribution in [1.82, 2.24) is 24.6 Å². The molecular weight excluding hydrogens is 326 g/mol. The Morgan fingerprint density at radius 2 is 1.88 bits per heavy atom. The second-order valence-corrected chi connectivity index (χ2v) is 6.45. The van der Waals surface area contributed by atoms with Crippen LogP contribution >= 0.6 is 0 Å². The van der Waals surface area contributed by atoms with Gasteiger partial charge in [0.25, 0.3) is 5.78 Å². The highest BCUT2D eigenvalue weighted by atomic mass is 16.1. The molecule has 4 aromatic rings. The highest BCUT2D eigenvalue weighted by molar-refractivity contribution is 5.98. The molecule has 26 heavy (non-hydrogen) atoms. The quantitative estimate of drug-likeness (QED) is 0.560. The van der Waals surface area contributed by atoms with Gasteiger partial charge in [0.15, 0.2) is 11.6 Å². The van der Waals surface area contributed by atoms with Gasteiger partial charge < -0.3 is 0 Å². The lowest BCUT2D eigenvalue weighted by Gasteiger charge is -2.23. The molecule has 1 aromatic carbocycles. The summed E-state index contributed by atoms with van der Waals surface area (Å²) in [5.41, 5.74) is 3.52. The minimum Gasteiger partial charge on any atom is -0.294 e. The van der Waals surface area contributed by atoms with E-state index >= 15 is 0 Å². The molecule has 5 rings (SSSR count). The van der Waals surface area contributed by atoms with Gasteiger partial charge in [-0.25, -0.2) is 4.98 Å². The number of nitrogens with zero attached hydrogens (tertiary/aromatic N) is 5. The van der Waals surface area contributed by atoms with Gasteiger partial charge in [-0.1, -0.05) is 30.3 Å². The molecule has 1 unspecified atom stereocenters. The third kappa shape index (κ3) is 2.38. The van der Waals surface area contributed by atoms with E-state index < -0.39 is 0 Å². The number of fused-ring (bicyclic) bond motifs is 3. The second-order valence-electron chi connectivity index (χ2n) is 6.45. The lowest BCUT2D eigenvalue weighted by molar-refractivity contribution is 0.0962. The number of ketones is 1. The Balaban J connectivity index is 1.63. The average molecular weight is 341 g/mol. The predicted molar refractivity (Wildman–Crippen MR) is 95.8 cm³/mol. The highest BCUT2D eigenvalue weighted by Gasteiger charge is 2.29. The lowest BCUT2D eigenvalue weighted by atomic mass is 9.82. The molecule has 0 amide bonds. The van der Waals surface area contributed by atoms with Crippen LogP contribution in [0.1, 0.15) is 34.0 Å². The van der Waals surface area contributed by atoms with Crippen molar-refractivity contribution in [3.05, 3.63) is 77.9 Å². The van der Waals surface area contributed by atoms with Crippen LogP contribution in [0.4, 0.5) is 0 Å². The molecule has 6 heteroatoms. The standard InChI is InChI=1S/C20H15N5O/c26-18-10-15(13-5-2-1-3-6-13)9-17-16(18)12-22-20-23-19(24-25(17)20)14-7-4-8-21-11-14/h1-8,11-12,15H,9-10H2. The van der Waals surface area contributed by atoms with Crippen LogP contribution in [-0.4, -0.2) is 30.3 Å². The number of carbonyl (C=O) groups excluding carboxylic acids is 1. The molecule has 1 atom stereocenters. The van der Waals surface area contributed by atoms with E-state index in [2.05, 4.69) is 32.2 Å². The van der Waals surface area contributed by atoms with E-state index in [0.29, 0.717) is 23.6 Å². The monoisotopic (exact) mass is 341 g/mol. The number of benzene rings is 1. The van der Waals surface area contributed by atoms with Crippen LogP contribution in [0.3, 0.4) is 0 Å². The Kier molecular flexibility index (Phi) is 3.35. The van der Waals surface area contributed by atoms with E-state index in [-0.39, 0.29) is 11.7 Å². The van der Waals surface area contributed by atoms with Gasteiger partial charge in [-0.15, -0.1) is 5.10 Å². The fourth-order valence-corrected chi connectivity index (χ4v) is 3.53. The van der Waals surface area contributed by atoms with Crippen LogP contribution in [0.5, 0.6) is 0 Å².